The fourth-order valence-corrected chi connectivity index (χ4v) is 0. The van der Waals surface area contributed by atoms with Gasteiger partial charge < -0.3 is 4.11 Å². The monoisotopic (exact) mass is 95.0 g/mol. The van der Waals surface area contributed by atoms with E-state index in [9.17, 15) is 8.50 Å². The highest BCUT2D eigenvalue weighted by Gasteiger charge is 1.96. The standard InChI is InChI=1S/C2H5F2Si/c1-5(4)2-3/h2H2,1H3. The Kier molecular flexibility index (Phi) is 2.36. The van der Waals surface area contributed by atoms with Gasteiger partial charge in [0, 0.05) is 0 Å². The molecule has 0 saturated carbocycles. The van der Waals surface area contributed by atoms with Crippen LogP contribution in [0.5, 0.6) is 0 Å². The van der Waals surface area contributed by atoms with Crippen LogP contribution in [-0.4, -0.2) is 15.4 Å². The summed E-state index contributed by atoms with van der Waals surface area (Å²) in [4.78, 5) is 0. The van der Waals surface area contributed by atoms with Crippen LogP contribution >= 0.6 is 0 Å². The largest absolute Gasteiger partial charge is 0.312 e. The summed E-state index contributed by atoms with van der Waals surface area (Å²) in [6, 6.07) is 0. The Morgan fingerprint density at radius 2 is 2.00 bits per heavy atom. The summed E-state index contributed by atoms with van der Waals surface area (Å²) in [5, 5.41) is 0. The molecule has 1 radical (unpaired) electrons. The zero-order chi connectivity index (χ0) is 4.28. The topological polar surface area (TPSA) is 0 Å². The molecule has 0 bridgehead atoms. The van der Waals surface area contributed by atoms with Crippen molar-refractivity contribution in [2.24, 2.45) is 0 Å². The average Bonchev–Trinajstić information content (AvgIpc) is 1.38. The molecule has 0 N–H and O–H groups in total. The highest BCUT2D eigenvalue weighted by atomic mass is 28.3. The van der Waals surface area contributed by atoms with E-state index < -0.39 is 15.4 Å². The minimum atomic E-state index is -2.04. The van der Waals surface area contributed by atoms with Crippen molar-refractivity contribution in [2.75, 3.05) is 6.30 Å². The lowest BCUT2D eigenvalue weighted by molar-refractivity contribution is 0.565. The number of halogens is 2. The van der Waals surface area contributed by atoms with Crippen LogP contribution in [0.2, 0.25) is 6.55 Å². The van der Waals surface area contributed by atoms with Gasteiger partial charge in [0.15, 0.2) is 0 Å². The summed E-state index contributed by atoms with van der Waals surface area (Å²) >= 11 is 0. The average molecular weight is 95.1 g/mol. The summed E-state index contributed by atoms with van der Waals surface area (Å²) in [7, 11) is -2.04. The van der Waals surface area contributed by atoms with Crippen molar-refractivity contribution < 1.29 is 8.50 Å². The summed E-state index contributed by atoms with van der Waals surface area (Å²) in [5.41, 5.74) is 0. The van der Waals surface area contributed by atoms with Crippen molar-refractivity contribution in [1.82, 2.24) is 0 Å². The Hall–Kier alpha value is 0.0769. The van der Waals surface area contributed by atoms with E-state index in [1.165, 1.54) is 6.55 Å². The van der Waals surface area contributed by atoms with Crippen LogP contribution in [0.3, 0.4) is 0 Å². The second-order valence-corrected chi connectivity index (χ2v) is 2.43. The summed E-state index contributed by atoms with van der Waals surface area (Å²) in [6.07, 6.45) is -0.759. The van der Waals surface area contributed by atoms with Gasteiger partial charge in [-0.1, -0.05) is 0 Å². The van der Waals surface area contributed by atoms with Gasteiger partial charge >= 0.3 is 0 Å². The highest BCUT2D eigenvalue weighted by Crippen LogP contribution is 1.79. The van der Waals surface area contributed by atoms with Gasteiger partial charge in [0.2, 0.25) is 0 Å². The first-order valence-electron chi connectivity index (χ1n) is 1.31. The van der Waals surface area contributed by atoms with Gasteiger partial charge in [0.25, 0.3) is 9.13 Å². The molecule has 5 heavy (non-hydrogen) atoms. The van der Waals surface area contributed by atoms with Crippen LogP contribution in [0.4, 0.5) is 8.50 Å². The Balaban J connectivity index is 2.54. The molecule has 31 valence electrons. The number of rotatable bonds is 1. The van der Waals surface area contributed by atoms with Gasteiger partial charge in [-0.3, -0.25) is 4.39 Å². The van der Waals surface area contributed by atoms with Crippen LogP contribution in [-0.2, 0) is 0 Å². The number of alkyl halides is 1. The van der Waals surface area contributed by atoms with Crippen LogP contribution in [0, 0.1) is 0 Å². The van der Waals surface area contributed by atoms with Crippen LogP contribution < -0.4 is 0 Å². The SMILES string of the molecule is C[Si](F)CF. The van der Waals surface area contributed by atoms with Crippen LogP contribution in [0.25, 0.3) is 0 Å². The van der Waals surface area contributed by atoms with E-state index in [0.717, 1.165) is 0 Å². The first-order valence-corrected chi connectivity index (χ1v) is 3.39. The third-order valence-electron chi connectivity index (χ3n) is 0.184. The van der Waals surface area contributed by atoms with Gasteiger partial charge in [-0.2, -0.15) is 0 Å². The van der Waals surface area contributed by atoms with Gasteiger partial charge in [-0.15, -0.1) is 0 Å². The maximum atomic E-state index is 11.2. The molecular weight excluding hydrogens is 90.1 g/mol. The summed E-state index contributed by atoms with van der Waals surface area (Å²) < 4.78 is 21.9. The van der Waals surface area contributed by atoms with Gasteiger partial charge in [0.05, 0.1) is 0 Å². The lowest BCUT2D eigenvalue weighted by atomic mass is 11.8. The molecule has 0 saturated heterocycles. The molecule has 0 aliphatic heterocycles. The molecule has 0 aliphatic carbocycles. The predicted octanol–water partition coefficient (Wildman–Crippen LogP) is 1.09. The van der Waals surface area contributed by atoms with Gasteiger partial charge in [-0.25, -0.2) is 0 Å². The zero-order valence-corrected chi connectivity index (χ0v) is 3.96. The van der Waals surface area contributed by atoms with E-state index in [-0.39, 0.29) is 0 Å². The molecule has 0 spiro atoms. The summed E-state index contributed by atoms with van der Waals surface area (Å²) in [6.45, 7) is 1.28. The van der Waals surface area contributed by atoms with E-state index >= 15 is 0 Å². The second kappa shape index (κ2) is 2.32. The third kappa shape index (κ3) is 4.08. The molecule has 0 aromatic carbocycles. The maximum Gasteiger partial charge on any atom is 0.300 e. The second-order valence-electron chi connectivity index (χ2n) is 0.810. The van der Waals surface area contributed by atoms with Crippen molar-refractivity contribution in [3.05, 3.63) is 0 Å². The smallest absolute Gasteiger partial charge is 0.300 e. The summed E-state index contributed by atoms with van der Waals surface area (Å²) in [5.74, 6) is 0. The first kappa shape index (κ1) is 5.08. The zero-order valence-electron chi connectivity index (χ0n) is 2.96. The predicted molar refractivity (Wildman–Crippen MR) is 18.7 cm³/mol. The molecule has 3 heteroatoms. The van der Waals surface area contributed by atoms with Crippen molar-refractivity contribution >= 4 is 9.13 Å². The van der Waals surface area contributed by atoms with Gasteiger partial charge in [-0.05, 0) is 6.55 Å². The Bertz CT molecular complexity index is 21.6. The minimum Gasteiger partial charge on any atom is -0.312 e. The van der Waals surface area contributed by atoms with Gasteiger partial charge in [0.1, 0.15) is 6.30 Å². The van der Waals surface area contributed by atoms with E-state index in [0.29, 0.717) is 0 Å². The van der Waals surface area contributed by atoms with Crippen LogP contribution in [0.15, 0.2) is 0 Å². The minimum absolute atomic E-state index is 0.759. The lowest BCUT2D eigenvalue weighted by Crippen LogP contribution is -1.98. The van der Waals surface area contributed by atoms with E-state index in [2.05, 4.69) is 0 Å². The Labute approximate surface area is 31.6 Å². The molecule has 0 nitrogen and oxygen atoms in total. The molecule has 0 aromatic heterocycles. The fraction of sp³-hybridized carbons (Fsp3) is 1.00. The van der Waals surface area contributed by atoms with Crippen molar-refractivity contribution in [3.63, 3.8) is 0 Å². The van der Waals surface area contributed by atoms with Crippen LogP contribution in [0.1, 0.15) is 0 Å². The van der Waals surface area contributed by atoms with Crippen molar-refractivity contribution in [1.29, 1.82) is 0 Å². The third-order valence-corrected chi connectivity index (χ3v) is 0.552. The first-order chi connectivity index (χ1) is 2.27. The lowest BCUT2D eigenvalue weighted by Gasteiger charge is -1.77. The molecule has 0 unspecified atom stereocenters. The Morgan fingerprint density at radius 3 is 2.00 bits per heavy atom. The highest BCUT2D eigenvalue weighted by molar-refractivity contribution is 6.49. The molecular formula is C2H5F2Si. The van der Waals surface area contributed by atoms with Crippen molar-refractivity contribution in [2.45, 2.75) is 6.55 Å². The molecule has 0 heterocycles. The molecule has 0 aliphatic rings. The number of hydrogen-bond acceptors (Lipinski definition) is 0. The van der Waals surface area contributed by atoms with Crippen molar-refractivity contribution in [3.8, 4) is 0 Å². The molecule has 0 amide bonds. The molecule has 0 aromatic rings. The Morgan fingerprint density at radius 1 is 1.80 bits per heavy atom. The molecule has 0 rings (SSSR count). The maximum absolute atomic E-state index is 11.2. The quantitative estimate of drug-likeness (QED) is 0.338. The normalized spacial score (nSPS) is 9.60. The van der Waals surface area contributed by atoms with E-state index in [1.807, 2.05) is 0 Å². The van der Waals surface area contributed by atoms with E-state index in [1.54, 1.807) is 0 Å². The molecule has 0 fully saturated rings. The molecule has 0 atom stereocenters. The number of hydrogen-bond donors (Lipinski definition) is 0. The fourth-order valence-electron chi connectivity index (χ4n) is 0. The van der Waals surface area contributed by atoms with E-state index in [4.69, 9.17) is 0 Å².